The molecule has 8 heteroatoms. The van der Waals surface area contributed by atoms with Crippen LogP contribution >= 0.6 is 23.2 Å². The number of rotatable bonds is 6. The average Bonchev–Trinajstić information content (AvgIpc) is 2.70. The molecule has 0 atom stereocenters. The fourth-order valence-electron chi connectivity index (χ4n) is 2.78. The van der Waals surface area contributed by atoms with Crippen LogP contribution in [0.5, 0.6) is 0 Å². The average molecular weight is 463 g/mol. The molecule has 3 aromatic carbocycles. The summed E-state index contributed by atoms with van der Waals surface area (Å²) < 4.78 is 28.3. The summed E-state index contributed by atoms with van der Waals surface area (Å²) in [6.45, 7) is 4.05. The Kier molecular flexibility index (Phi) is 6.71. The molecule has 0 saturated carbocycles. The zero-order valence-electron chi connectivity index (χ0n) is 16.4. The number of carbonyl (C=O) groups excluding carboxylic acids is 1. The van der Waals surface area contributed by atoms with Crippen molar-refractivity contribution in [3.8, 4) is 0 Å². The smallest absolute Gasteiger partial charge is 0.263 e. The number of nitrogens with one attached hydrogen (secondary N) is 2. The lowest BCUT2D eigenvalue weighted by Crippen LogP contribution is -2.23. The molecule has 0 spiro atoms. The van der Waals surface area contributed by atoms with E-state index in [1.54, 1.807) is 30.3 Å². The zero-order chi connectivity index (χ0) is 21.9. The van der Waals surface area contributed by atoms with Crippen LogP contribution in [0.15, 0.2) is 65.6 Å². The van der Waals surface area contributed by atoms with Crippen molar-refractivity contribution in [1.82, 2.24) is 5.32 Å². The van der Waals surface area contributed by atoms with Gasteiger partial charge < -0.3 is 5.32 Å². The Hall–Kier alpha value is -2.54. The second-order valence-corrected chi connectivity index (χ2v) is 9.29. The van der Waals surface area contributed by atoms with Crippen LogP contribution in [0.2, 0.25) is 10.0 Å². The van der Waals surface area contributed by atoms with E-state index in [1.165, 1.54) is 18.2 Å². The molecule has 1 amide bonds. The zero-order valence-corrected chi connectivity index (χ0v) is 18.7. The first kappa shape index (κ1) is 22.2. The summed E-state index contributed by atoms with van der Waals surface area (Å²) in [5.41, 5.74) is 3.35. The van der Waals surface area contributed by atoms with Gasteiger partial charge in [0.25, 0.3) is 15.9 Å². The maximum Gasteiger partial charge on any atom is 0.263 e. The molecule has 156 valence electrons. The quantitative estimate of drug-likeness (QED) is 0.518. The SMILES string of the molecule is Cc1ccc(NS(=O)(=O)c2cc(C(=O)NCc3ccccc3Cl)ccc2Cl)cc1C. The lowest BCUT2D eigenvalue weighted by Gasteiger charge is -2.13. The van der Waals surface area contributed by atoms with Crippen molar-refractivity contribution in [2.24, 2.45) is 0 Å². The van der Waals surface area contributed by atoms with Gasteiger partial charge in [-0.05, 0) is 66.9 Å². The number of hydrogen-bond donors (Lipinski definition) is 2. The highest BCUT2D eigenvalue weighted by Crippen LogP contribution is 2.26. The predicted molar refractivity (Wildman–Crippen MR) is 121 cm³/mol. The van der Waals surface area contributed by atoms with Crippen LogP contribution in [0, 0.1) is 13.8 Å². The van der Waals surface area contributed by atoms with E-state index in [-0.39, 0.29) is 22.0 Å². The van der Waals surface area contributed by atoms with Crippen molar-refractivity contribution in [2.75, 3.05) is 4.72 Å². The van der Waals surface area contributed by atoms with Gasteiger partial charge in [-0.25, -0.2) is 8.42 Å². The van der Waals surface area contributed by atoms with Gasteiger partial charge >= 0.3 is 0 Å². The first-order valence-corrected chi connectivity index (χ1v) is 11.3. The molecule has 0 aliphatic heterocycles. The Morgan fingerprint density at radius 1 is 0.900 bits per heavy atom. The van der Waals surface area contributed by atoms with Crippen LogP contribution in [0.3, 0.4) is 0 Å². The Bertz CT molecular complexity index is 1210. The minimum absolute atomic E-state index is 0.0222. The fourth-order valence-corrected chi connectivity index (χ4v) is 4.56. The standard InChI is InChI=1S/C22H20Cl2N2O3S/c1-14-7-9-18(11-15(14)2)26-30(28,29)21-12-16(8-10-20(21)24)22(27)25-13-17-5-3-4-6-19(17)23/h3-12,26H,13H2,1-2H3,(H,25,27). The summed E-state index contributed by atoms with van der Waals surface area (Å²) in [6.07, 6.45) is 0. The number of carbonyl (C=O) groups is 1. The van der Waals surface area contributed by atoms with Gasteiger partial charge in [-0.15, -0.1) is 0 Å². The second-order valence-electron chi connectivity index (χ2n) is 6.82. The molecular formula is C22H20Cl2N2O3S. The molecule has 2 N–H and O–H groups in total. The molecule has 0 radical (unpaired) electrons. The highest BCUT2D eigenvalue weighted by molar-refractivity contribution is 7.92. The molecular weight excluding hydrogens is 443 g/mol. The summed E-state index contributed by atoms with van der Waals surface area (Å²) >= 11 is 12.2. The maximum atomic E-state index is 12.9. The first-order chi connectivity index (χ1) is 14.2. The lowest BCUT2D eigenvalue weighted by molar-refractivity contribution is 0.0950. The van der Waals surface area contributed by atoms with E-state index in [0.717, 1.165) is 16.7 Å². The number of halogens is 2. The molecule has 0 unspecified atom stereocenters. The summed E-state index contributed by atoms with van der Waals surface area (Å²) in [5, 5.41) is 3.29. The van der Waals surface area contributed by atoms with Gasteiger partial charge in [-0.2, -0.15) is 0 Å². The first-order valence-electron chi connectivity index (χ1n) is 9.08. The molecule has 5 nitrogen and oxygen atoms in total. The second kappa shape index (κ2) is 9.08. The predicted octanol–water partition coefficient (Wildman–Crippen LogP) is 5.34. The minimum atomic E-state index is -3.99. The number of sulfonamides is 1. The van der Waals surface area contributed by atoms with Crippen LogP contribution in [0.1, 0.15) is 27.0 Å². The van der Waals surface area contributed by atoms with Gasteiger partial charge in [0.15, 0.2) is 0 Å². The maximum absolute atomic E-state index is 12.9. The highest BCUT2D eigenvalue weighted by Gasteiger charge is 2.21. The summed E-state index contributed by atoms with van der Waals surface area (Å²) in [4.78, 5) is 12.4. The van der Waals surface area contributed by atoms with Crippen LogP contribution in [-0.4, -0.2) is 14.3 Å². The minimum Gasteiger partial charge on any atom is -0.348 e. The third kappa shape index (κ3) is 5.14. The number of hydrogen-bond acceptors (Lipinski definition) is 3. The van der Waals surface area contributed by atoms with Gasteiger partial charge in [0.1, 0.15) is 4.90 Å². The Morgan fingerprint density at radius 2 is 1.63 bits per heavy atom. The molecule has 0 heterocycles. The highest BCUT2D eigenvalue weighted by atomic mass is 35.5. The summed E-state index contributed by atoms with van der Waals surface area (Å²) in [5.74, 6) is -0.436. The largest absolute Gasteiger partial charge is 0.348 e. The van der Waals surface area contributed by atoms with E-state index >= 15 is 0 Å². The molecule has 0 fully saturated rings. The van der Waals surface area contributed by atoms with E-state index in [0.29, 0.717) is 10.7 Å². The van der Waals surface area contributed by atoms with Crippen molar-refractivity contribution < 1.29 is 13.2 Å². The van der Waals surface area contributed by atoms with Crippen molar-refractivity contribution in [2.45, 2.75) is 25.3 Å². The lowest BCUT2D eigenvalue weighted by atomic mass is 10.1. The molecule has 0 saturated heterocycles. The van der Waals surface area contributed by atoms with Gasteiger partial charge in [0, 0.05) is 22.8 Å². The summed E-state index contributed by atoms with van der Waals surface area (Å²) in [6, 6.07) is 16.5. The third-order valence-corrected chi connectivity index (χ3v) is 6.87. The molecule has 0 aliphatic rings. The van der Waals surface area contributed by atoms with Crippen molar-refractivity contribution in [3.05, 3.63) is 93.0 Å². The van der Waals surface area contributed by atoms with Crippen LogP contribution in [0.25, 0.3) is 0 Å². The molecule has 30 heavy (non-hydrogen) atoms. The van der Waals surface area contributed by atoms with E-state index in [2.05, 4.69) is 10.0 Å². The van der Waals surface area contributed by atoms with E-state index < -0.39 is 15.9 Å². The van der Waals surface area contributed by atoms with Crippen LogP contribution < -0.4 is 10.0 Å². The summed E-state index contributed by atoms with van der Waals surface area (Å²) in [7, 11) is -3.99. The Morgan fingerprint density at radius 3 is 2.33 bits per heavy atom. The number of aryl methyl sites for hydroxylation is 2. The molecule has 0 aromatic heterocycles. The Labute approximate surface area is 186 Å². The topological polar surface area (TPSA) is 75.3 Å². The Balaban J connectivity index is 1.82. The molecule has 0 bridgehead atoms. The number of benzene rings is 3. The third-order valence-electron chi connectivity index (χ3n) is 4.64. The number of anilines is 1. The van der Waals surface area contributed by atoms with Crippen molar-refractivity contribution >= 4 is 44.8 Å². The molecule has 3 rings (SSSR count). The van der Waals surface area contributed by atoms with Gasteiger partial charge in [-0.1, -0.05) is 47.5 Å². The van der Waals surface area contributed by atoms with Crippen molar-refractivity contribution in [1.29, 1.82) is 0 Å². The number of amides is 1. The molecule has 3 aromatic rings. The van der Waals surface area contributed by atoms with Gasteiger partial charge in [0.2, 0.25) is 0 Å². The van der Waals surface area contributed by atoms with Gasteiger partial charge in [0.05, 0.1) is 5.02 Å². The van der Waals surface area contributed by atoms with Crippen LogP contribution in [0.4, 0.5) is 5.69 Å². The van der Waals surface area contributed by atoms with E-state index in [9.17, 15) is 13.2 Å². The normalized spacial score (nSPS) is 11.2. The van der Waals surface area contributed by atoms with E-state index in [1.807, 2.05) is 26.0 Å². The monoisotopic (exact) mass is 462 g/mol. The molecule has 0 aliphatic carbocycles. The van der Waals surface area contributed by atoms with E-state index in [4.69, 9.17) is 23.2 Å². The fraction of sp³-hybridized carbons (Fsp3) is 0.136. The van der Waals surface area contributed by atoms with Gasteiger partial charge in [-0.3, -0.25) is 9.52 Å². The van der Waals surface area contributed by atoms with Crippen LogP contribution in [-0.2, 0) is 16.6 Å². The van der Waals surface area contributed by atoms with Crippen molar-refractivity contribution in [3.63, 3.8) is 0 Å².